The van der Waals surface area contributed by atoms with Gasteiger partial charge in [-0.1, -0.05) is 24.3 Å². The Morgan fingerprint density at radius 1 is 1.08 bits per heavy atom. The number of phenols is 2. The topological polar surface area (TPSA) is 95.9 Å². The molecule has 126 valence electrons. The van der Waals surface area contributed by atoms with Gasteiger partial charge < -0.3 is 25.8 Å². The quantitative estimate of drug-likeness (QED) is 0.374. The summed E-state index contributed by atoms with van der Waals surface area (Å²) in [6.45, 7) is 0. The first-order valence-corrected chi connectivity index (χ1v) is 8.22. The number of benzene rings is 3. The first kappa shape index (κ1) is 14.4. The second-order valence-electron chi connectivity index (χ2n) is 6.91. The van der Waals surface area contributed by atoms with Crippen molar-refractivity contribution in [2.45, 2.75) is 24.5 Å². The predicted octanol–water partition coefficient (Wildman–Crippen LogP) is 2.80. The van der Waals surface area contributed by atoms with Gasteiger partial charge in [0, 0.05) is 12.0 Å². The zero-order valence-corrected chi connectivity index (χ0v) is 13.4. The molecule has 0 radical (unpaired) electrons. The van der Waals surface area contributed by atoms with Gasteiger partial charge in [0.05, 0.1) is 11.6 Å². The molecule has 2 atom stereocenters. The third-order valence-electron chi connectivity index (χ3n) is 5.42. The molecule has 0 saturated heterocycles. The van der Waals surface area contributed by atoms with Crippen LogP contribution in [0.5, 0.6) is 17.2 Å². The van der Waals surface area contributed by atoms with Gasteiger partial charge in [0.1, 0.15) is 5.75 Å². The first-order valence-electron chi connectivity index (χ1n) is 8.22. The fourth-order valence-electron chi connectivity index (χ4n) is 4.26. The number of hydrogen-bond donors (Lipinski definition) is 4. The van der Waals surface area contributed by atoms with E-state index in [1.807, 2.05) is 30.3 Å². The van der Waals surface area contributed by atoms with Gasteiger partial charge in [-0.15, -0.1) is 0 Å². The minimum Gasteiger partial charge on any atom is -0.504 e. The number of ether oxygens (including phenoxy) is 1. The van der Waals surface area contributed by atoms with Crippen LogP contribution < -0.4 is 10.5 Å². The summed E-state index contributed by atoms with van der Waals surface area (Å²) in [6.07, 6.45) is 0.793. The van der Waals surface area contributed by atoms with Crippen LogP contribution in [0.2, 0.25) is 0 Å². The predicted molar refractivity (Wildman–Crippen MR) is 93.9 cm³/mol. The lowest BCUT2D eigenvalue weighted by molar-refractivity contribution is -0.154. The minimum absolute atomic E-state index is 0.189. The molecule has 25 heavy (non-hydrogen) atoms. The number of phenolic OH excluding ortho intramolecular Hbond substituents is 2. The van der Waals surface area contributed by atoms with E-state index in [-0.39, 0.29) is 23.8 Å². The van der Waals surface area contributed by atoms with Crippen molar-refractivity contribution in [1.29, 1.82) is 0 Å². The van der Waals surface area contributed by atoms with E-state index < -0.39 is 5.79 Å². The molecular weight excluding hydrogens is 318 g/mol. The van der Waals surface area contributed by atoms with Crippen molar-refractivity contribution in [1.82, 2.24) is 0 Å². The van der Waals surface area contributed by atoms with E-state index in [2.05, 4.69) is 0 Å². The van der Waals surface area contributed by atoms with E-state index in [1.165, 1.54) is 12.1 Å². The average Bonchev–Trinajstić information content (AvgIpc) is 2.85. The Morgan fingerprint density at radius 2 is 1.84 bits per heavy atom. The molecule has 5 rings (SSSR count). The number of hydrogen-bond acceptors (Lipinski definition) is 5. The van der Waals surface area contributed by atoms with E-state index in [0.29, 0.717) is 17.9 Å². The minimum atomic E-state index is -1.42. The van der Waals surface area contributed by atoms with Gasteiger partial charge in [0.25, 0.3) is 0 Å². The molecule has 1 aliphatic heterocycles. The molecule has 1 heterocycles. The van der Waals surface area contributed by atoms with Gasteiger partial charge in [0.2, 0.25) is 5.79 Å². The fraction of sp³-hybridized carbons (Fsp3) is 0.200. The van der Waals surface area contributed by atoms with Gasteiger partial charge in [-0.25, -0.2) is 0 Å². The Balaban J connectivity index is 1.73. The lowest BCUT2D eigenvalue weighted by Crippen LogP contribution is -2.44. The summed E-state index contributed by atoms with van der Waals surface area (Å²) in [4.78, 5) is 0. The first-order chi connectivity index (χ1) is 12.0. The standard InChI is InChI=1S/C20H17NO4/c21-16-5-10-3-1-2-4-12(10)14-7-15-13-8-18(23)17(22)6-11(13)9-20(15,24)25-19(14)16/h1-6,8,15,22-24H,7,9,21H2. The SMILES string of the molecule is Nc1cc2ccccc2c2c1OC1(O)Cc3cc(O)c(O)cc3C1C2. The van der Waals surface area contributed by atoms with Gasteiger partial charge in [-0.2, -0.15) is 0 Å². The van der Waals surface area contributed by atoms with Gasteiger partial charge in [-0.05, 0) is 46.5 Å². The molecular formula is C20H17NO4. The molecule has 0 fully saturated rings. The summed E-state index contributed by atoms with van der Waals surface area (Å²) in [7, 11) is 0. The Morgan fingerprint density at radius 3 is 2.68 bits per heavy atom. The van der Waals surface area contributed by atoms with Crippen LogP contribution in [0.25, 0.3) is 10.8 Å². The highest BCUT2D eigenvalue weighted by Crippen LogP contribution is 2.53. The number of nitrogens with two attached hydrogens (primary N) is 1. The van der Waals surface area contributed by atoms with E-state index in [9.17, 15) is 15.3 Å². The third-order valence-corrected chi connectivity index (χ3v) is 5.42. The van der Waals surface area contributed by atoms with Crippen molar-refractivity contribution in [3.8, 4) is 17.2 Å². The van der Waals surface area contributed by atoms with Gasteiger partial charge >= 0.3 is 0 Å². The van der Waals surface area contributed by atoms with Crippen LogP contribution in [0.4, 0.5) is 5.69 Å². The van der Waals surface area contributed by atoms with Crippen LogP contribution in [-0.4, -0.2) is 21.1 Å². The molecule has 0 spiro atoms. The maximum atomic E-state index is 11.1. The second-order valence-corrected chi connectivity index (χ2v) is 6.91. The molecule has 0 bridgehead atoms. The van der Waals surface area contributed by atoms with E-state index in [1.54, 1.807) is 0 Å². The number of rotatable bonds is 0. The van der Waals surface area contributed by atoms with Crippen LogP contribution in [0.1, 0.15) is 22.6 Å². The molecule has 2 unspecified atom stereocenters. The number of aliphatic hydroxyl groups is 1. The number of anilines is 1. The normalized spacial score (nSPS) is 23.6. The van der Waals surface area contributed by atoms with Crippen LogP contribution in [0.15, 0.2) is 42.5 Å². The van der Waals surface area contributed by atoms with Crippen LogP contribution in [0.3, 0.4) is 0 Å². The second kappa shape index (κ2) is 4.58. The Labute approximate surface area is 143 Å². The summed E-state index contributed by atoms with van der Waals surface area (Å²) >= 11 is 0. The molecule has 5 nitrogen and oxygen atoms in total. The van der Waals surface area contributed by atoms with Crippen LogP contribution in [0, 0.1) is 0 Å². The van der Waals surface area contributed by atoms with Crippen LogP contribution in [-0.2, 0) is 12.8 Å². The van der Waals surface area contributed by atoms with Crippen LogP contribution >= 0.6 is 0 Å². The van der Waals surface area contributed by atoms with E-state index >= 15 is 0 Å². The summed E-state index contributed by atoms with van der Waals surface area (Å²) in [5.74, 6) is -1.60. The largest absolute Gasteiger partial charge is 0.504 e. The number of fused-ring (bicyclic) bond motifs is 6. The molecule has 3 aromatic carbocycles. The van der Waals surface area contributed by atoms with E-state index in [4.69, 9.17) is 10.5 Å². The molecule has 5 heteroatoms. The van der Waals surface area contributed by atoms with Crippen molar-refractivity contribution < 1.29 is 20.1 Å². The van der Waals surface area contributed by atoms with E-state index in [0.717, 1.165) is 27.5 Å². The fourth-order valence-corrected chi connectivity index (χ4v) is 4.26. The summed E-state index contributed by atoms with van der Waals surface area (Å²) in [5, 5.41) is 32.8. The summed E-state index contributed by atoms with van der Waals surface area (Å²) in [6, 6.07) is 12.8. The Bertz CT molecular complexity index is 1050. The van der Waals surface area contributed by atoms with Crippen molar-refractivity contribution in [2.24, 2.45) is 0 Å². The number of aromatic hydroxyl groups is 2. The van der Waals surface area contributed by atoms with Crippen molar-refractivity contribution in [3.05, 3.63) is 59.2 Å². The lowest BCUT2D eigenvalue weighted by Gasteiger charge is -2.37. The maximum absolute atomic E-state index is 11.1. The Hall–Kier alpha value is -2.92. The van der Waals surface area contributed by atoms with Crippen molar-refractivity contribution in [3.63, 3.8) is 0 Å². The summed E-state index contributed by atoms with van der Waals surface area (Å²) < 4.78 is 6.01. The number of nitrogen functional groups attached to an aromatic ring is 1. The highest BCUT2D eigenvalue weighted by atomic mass is 16.6. The van der Waals surface area contributed by atoms with Crippen molar-refractivity contribution in [2.75, 3.05) is 5.73 Å². The highest BCUT2D eigenvalue weighted by Gasteiger charge is 2.51. The zero-order chi connectivity index (χ0) is 17.3. The average molecular weight is 335 g/mol. The molecule has 0 saturated carbocycles. The molecule has 2 aliphatic rings. The van der Waals surface area contributed by atoms with Crippen molar-refractivity contribution >= 4 is 16.5 Å². The van der Waals surface area contributed by atoms with Gasteiger partial charge in [-0.3, -0.25) is 0 Å². The Kier molecular flexibility index (Phi) is 2.64. The monoisotopic (exact) mass is 335 g/mol. The summed E-state index contributed by atoms with van der Waals surface area (Å²) in [5.41, 5.74) is 9.23. The van der Waals surface area contributed by atoms with Gasteiger partial charge in [0.15, 0.2) is 11.5 Å². The molecule has 0 amide bonds. The molecule has 1 aliphatic carbocycles. The maximum Gasteiger partial charge on any atom is 0.219 e. The zero-order valence-electron chi connectivity index (χ0n) is 13.4. The molecule has 3 aromatic rings. The smallest absolute Gasteiger partial charge is 0.219 e. The highest BCUT2D eigenvalue weighted by molar-refractivity contribution is 5.92. The molecule has 5 N–H and O–H groups in total. The third kappa shape index (κ3) is 1.87. The molecule has 0 aromatic heterocycles. The lowest BCUT2D eigenvalue weighted by atomic mass is 9.84.